The SMILES string of the molecule is CC(=NO)c1csc(NS(=O)(=O)C(F)F)n1. The van der Waals surface area contributed by atoms with Gasteiger partial charge in [0, 0.05) is 5.38 Å². The molecule has 6 nitrogen and oxygen atoms in total. The molecule has 0 aliphatic rings. The van der Waals surface area contributed by atoms with Crippen LogP contribution in [0.5, 0.6) is 0 Å². The highest BCUT2D eigenvalue weighted by molar-refractivity contribution is 7.93. The second-order valence-electron chi connectivity index (χ2n) is 2.63. The Bertz CT molecular complexity index is 497. The van der Waals surface area contributed by atoms with Gasteiger partial charge in [-0.05, 0) is 6.92 Å². The minimum absolute atomic E-state index is 0.152. The van der Waals surface area contributed by atoms with Crippen LogP contribution >= 0.6 is 11.3 Å². The standard InChI is InChI=1S/C6H7F2N3O3S2/c1-3(10-12)4-2-15-6(9-4)11-16(13,14)5(7)8/h2,5,12H,1H3,(H,9,11). The van der Waals surface area contributed by atoms with Crippen LogP contribution in [-0.4, -0.2) is 30.1 Å². The van der Waals surface area contributed by atoms with Crippen molar-refractivity contribution in [2.24, 2.45) is 5.16 Å². The quantitative estimate of drug-likeness (QED) is 0.490. The number of nitrogens with one attached hydrogen (secondary N) is 1. The van der Waals surface area contributed by atoms with E-state index in [0.29, 0.717) is 0 Å². The predicted octanol–water partition coefficient (Wildman–Crippen LogP) is 1.31. The van der Waals surface area contributed by atoms with Gasteiger partial charge in [-0.1, -0.05) is 5.16 Å². The Labute approximate surface area is 93.7 Å². The first-order valence-corrected chi connectivity index (χ1v) is 6.23. The number of alkyl halides is 2. The van der Waals surface area contributed by atoms with E-state index in [1.54, 1.807) is 4.72 Å². The molecule has 1 heterocycles. The molecular formula is C6H7F2N3O3S2. The lowest BCUT2D eigenvalue weighted by atomic mass is 10.3. The highest BCUT2D eigenvalue weighted by atomic mass is 32.2. The zero-order valence-corrected chi connectivity index (χ0v) is 9.52. The second kappa shape index (κ2) is 4.70. The Morgan fingerprint density at radius 1 is 1.69 bits per heavy atom. The molecule has 0 aliphatic heterocycles. The van der Waals surface area contributed by atoms with Crippen LogP contribution in [0.2, 0.25) is 0 Å². The Morgan fingerprint density at radius 3 is 2.81 bits per heavy atom. The van der Waals surface area contributed by atoms with Gasteiger partial charge in [0.2, 0.25) is 0 Å². The number of nitrogens with zero attached hydrogens (tertiary/aromatic N) is 2. The van der Waals surface area contributed by atoms with Crippen LogP contribution in [0.1, 0.15) is 12.6 Å². The summed E-state index contributed by atoms with van der Waals surface area (Å²) >= 11 is 0.811. The van der Waals surface area contributed by atoms with Crippen LogP contribution in [0.25, 0.3) is 0 Å². The summed E-state index contributed by atoms with van der Waals surface area (Å²) in [5.74, 6) is -3.52. The van der Waals surface area contributed by atoms with E-state index in [0.717, 1.165) is 11.3 Å². The van der Waals surface area contributed by atoms with Crippen LogP contribution in [-0.2, 0) is 10.0 Å². The van der Waals surface area contributed by atoms with Crippen LogP contribution in [0.4, 0.5) is 13.9 Å². The summed E-state index contributed by atoms with van der Waals surface area (Å²) < 4.78 is 47.1. The average Bonchev–Trinajstić information content (AvgIpc) is 2.64. The van der Waals surface area contributed by atoms with E-state index in [1.165, 1.54) is 12.3 Å². The molecule has 1 rings (SSSR count). The van der Waals surface area contributed by atoms with Gasteiger partial charge >= 0.3 is 5.76 Å². The highest BCUT2D eigenvalue weighted by Crippen LogP contribution is 2.19. The molecule has 0 aliphatic carbocycles. The number of sulfonamides is 1. The zero-order chi connectivity index (χ0) is 12.3. The summed E-state index contributed by atoms with van der Waals surface area (Å²) in [7, 11) is -4.71. The van der Waals surface area contributed by atoms with E-state index in [9.17, 15) is 17.2 Å². The number of aromatic nitrogens is 1. The minimum atomic E-state index is -4.71. The van der Waals surface area contributed by atoms with E-state index < -0.39 is 15.8 Å². The molecule has 90 valence electrons. The molecule has 0 atom stereocenters. The molecule has 0 saturated carbocycles. The van der Waals surface area contributed by atoms with Gasteiger partial charge in [0.1, 0.15) is 11.4 Å². The van der Waals surface area contributed by atoms with Gasteiger partial charge in [-0.3, -0.25) is 4.72 Å². The summed E-state index contributed by atoms with van der Waals surface area (Å²) in [5, 5.41) is 12.4. The maximum absolute atomic E-state index is 12.0. The van der Waals surface area contributed by atoms with Crippen molar-refractivity contribution < 1.29 is 22.4 Å². The molecule has 1 aromatic heterocycles. The molecule has 1 aromatic rings. The smallest absolute Gasteiger partial charge is 0.355 e. The van der Waals surface area contributed by atoms with Gasteiger partial charge in [-0.25, -0.2) is 13.4 Å². The summed E-state index contributed by atoms with van der Waals surface area (Å²) in [6.07, 6.45) is 0. The van der Waals surface area contributed by atoms with Gasteiger partial charge in [0.15, 0.2) is 5.13 Å². The fraction of sp³-hybridized carbons (Fsp3) is 0.333. The minimum Gasteiger partial charge on any atom is -0.411 e. The third-order valence-corrected chi connectivity index (χ3v) is 3.32. The Balaban J connectivity index is 2.89. The number of oxime groups is 1. The molecule has 16 heavy (non-hydrogen) atoms. The maximum atomic E-state index is 12.0. The van der Waals surface area contributed by atoms with E-state index in [1.807, 2.05) is 0 Å². The summed E-state index contributed by atoms with van der Waals surface area (Å²) in [6.45, 7) is 1.43. The van der Waals surface area contributed by atoms with E-state index in [2.05, 4.69) is 10.1 Å². The first-order chi connectivity index (χ1) is 7.36. The van der Waals surface area contributed by atoms with Gasteiger partial charge in [0.25, 0.3) is 10.0 Å². The number of anilines is 1. The highest BCUT2D eigenvalue weighted by Gasteiger charge is 2.25. The van der Waals surface area contributed by atoms with Crippen LogP contribution < -0.4 is 4.72 Å². The number of halogens is 2. The molecule has 0 saturated heterocycles. The van der Waals surface area contributed by atoms with Crippen molar-refractivity contribution in [3.63, 3.8) is 0 Å². The number of hydrogen-bond donors (Lipinski definition) is 2. The first-order valence-electron chi connectivity index (χ1n) is 3.81. The fourth-order valence-electron chi connectivity index (χ4n) is 0.704. The molecule has 0 radical (unpaired) electrons. The number of rotatable bonds is 4. The first kappa shape index (κ1) is 12.8. The molecule has 0 unspecified atom stereocenters. The Morgan fingerprint density at radius 2 is 2.31 bits per heavy atom. The van der Waals surface area contributed by atoms with Gasteiger partial charge in [0.05, 0.1) is 0 Å². The summed E-state index contributed by atoms with van der Waals surface area (Å²) in [5.41, 5.74) is 0.359. The van der Waals surface area contributed by atoms with Crippen molar-refractivity contribution in [3.8, 4) is 0 Å². The summed E-state index contributed by atoms with van der Waals surface area (Å²) in [6, 6.07) is 0. The van der Waals surface area contributed by atoms with Gasteiger partial charge < -0.3 is 5.21 Å². The van der Waals surface area contributed by atoms with E-state index in [-0.39, 0.29) is 16.5 Å². The molecule has 0 aromatic carbocycles. The monoisotopic (exact) mass is 271 g/mol. The van der Waals surface area contributed by atoms with Gasteiger partial charge in [-0.2, -0.15) is 8.78 Å². The Kier molecular flexibility index (Phi) is 3.75. The predicted molar refractivity (Wildman–Crippen MR) is 54.7 cm³/mol. The van der Waals surface area contributed by atoms with Crippen molar-refractivity contribution >= 4 is 32.2 Å². The van der Waals surface area contributed by atoms with Crippen LogP contribution in [0, 0.1) is 0 Å². The molecular weight excluding hydrogens is 264 g/mol. The third-order valence-electron chi connectivity index (χ3n) is 1.49. The average molecular weight is 271 g/mol. The molecule has 0 amide bonds. The molecule has 10 heteroatoms. The molecule has 2 N–H and O–H groups in total. The zero-order valence-electron chi connectivity index (χ0n) is 7.89. The normalized spacial score (nSPS) is 13.1. The number of thiazole rings is 1. The van der Waals surface area contributed by atoms with Crippen molar-refractivity contribution in [2.75, 3.05) is 4.72 Å². The van der Waals surface area contributed by atoms with Crippen molar-refractivity contribution in [3.05, 3.63) is 11.1 Å². The van der Waals surface area contributed by atoms with Crippen molar-refractivity contribution in [1.82, 2.24) is 4.98 Å². The van der Waals surface area contributed by atoms with Crippen LogP contribution in [0.3, 0.4) is 0 Å². The van der Waals surface area contributed by atoms with Crippen LogP contribution in [0.15, 0.2) is 10.5 Å². The molecule has 0 fully saturated rings. The lowest BCUT2D eigenvalue weighted by molar-refractivity contribution is 0.236. The topological polar surface area (TPSA) is 91.7 Å². The molecule has 0 spiro atoms. The third kappa shape index (κ3) is 2.85. The largest absolute Gasteiger partial charge is 0.411 e. The Hall–Kier alpha value is -1.29. The summed E-state index contributed by atoms with van der Waals surface area (Å²) in [4.78, 5) is 3.65. The van der Waals surface area contributed by atoms with Crippen molar-refractivity contribution in [2.45, 2.75) is 12.7 Å². The van der Waals surface area contributed by atoms with E-state index >= 15 is 0 Å². The number of hydrogen-bond acceptors (Lipinski definition) is 6. The van der Waals surface area contributed by atoms with Gasteiger partial charge in [-0.15, -0.1) is 11.3 Å². The lowest BCUT2D eigenvalue weighted by Gasteiger charge is -2.02. The van der Waals surface area contributed by atoms with E-state index in [4.69, 9.17) is 5.21 Å². The maximum Gasteiger partial charge on any atom is 0.355 e. The second-order valence-corrected chi connectivity index (χ2v) is 5.14. The fourth-order valence-corrected chi connectivity index (χ4v) is 2.22. The van der Waals surface area contributed by atoms with Crippen molar-refractivity contribution in [1.29, 1.82) is 0 Å². The molecule has 0 bridgehead atoms. The lowest BCUT2D eigenvalue weighted by Crippen LogP contribution is -2.20.